The first-order valence-electron chi connectivity index (χ1n) is 7.37. The summed E-state index contributed by atoms with van der Waals surface area (Å²) in [7, 11) is 0. The number of carbonyl (C=O) groups is 1. The van der Waals surface area contributed by atoms with Gasteiger partial charge in [-0.1, -0.05) is 18.2 Å². The van der Waals surface area contributed by atoms with E-state index in [0.717, 1.165) is 30.3 Å². The van der Waals surface area contributed by atoms with E-state index in [4.69, 9.17) is 0 Å². The zero-order valence-electron chi connectivity index (χ0n) is 12.2. The van der Waals surface area contributed by atoms with Crippen molar-refractivity contribution in [3.05, 3.63) is 59.7 Å². The van der Waals surface area contributed by atoms with E-state index in [9.17, 15) is 4.79 Å². The molecule has 0 spiro atoms. The van der Waals surface area contributed by atoms with Gasteiger partial charge < -0.3 is 0 Å². The van der Waals surface area contributed by atoms with Crippen molar-refractivity contribution in [3.63, 3.8) is 0 Å². The molecule has 0 aliphatic carbocycles. The second-order valence-corrected chi connectivity index (χ2v) is 6.28. The number of hydrogen-bond donors (Lipinski definition) is 1. The summed E-state index contributed by atoms with van der Waals surface area (Å²) in [5, 5.41) is 2.97. The summed E-state index contributed by atoms with van der Waals surface area (Å²) in [5.74, 6) is -0.0305. The zero-order valence-corrected chi connectivity index (χ0v) is 13.9. The summed E-state index contributed by atoms with van der Waals surface area (Å²) >= 11 is -0.0468. The molecule has 3 rings (SSSR count). The molecule has 0 bridgehead atoms. The van der Waals surface area contributed by atoms with Gasteiger partial charge in [-0.3, -0.25) is 0 Å². The molecule has 2 aromatic carbocycles. The number of aryl methyl sites for hydroxylation is 1. The second-order valence-electron chi connectivity index (χ2n) is 5.17. The molecule has 0 aliphatic rings. The Morgan fingerprint density at radius 3 is 2.68 bits per heavy atom. The minimum absolute atomic E-state index is 0.0305. The van der Waals surface area contributed by atoms with Crippen LogP contribution in [0.25, 0.3) is 11.0 Å². The third kappa shape index (κ3) is 3.81. The minimum atomic E-state index is -0.0468. The third-order valence-corrected chi connectivity index (χ3v) is 4.70. The second kappa shape index (κ2) is 7.34. The van der Waals surface area contributed by atoms with Gasteiger partial charge in [-0.2, -0.15) is 0 Å². The third-order valence-electron chi connectivity index (χ3n) is 3.54. The number of fused-ring (bicyclic) bond motifs is 1. The van der Waals surface area contributed by atoms with E-state index in [1.807, 2.05) is 24.3 Å². The molecule has 0 atom stereocenters. The normalized spacial score (nSPS) is 10.7. The van der Waals surface area contributed by atoms with E-state index in [0.29, 0.717) is 12.1 Å². The van der Waals surface area contributed by atoms with Crippen molar-refractivity contribution in [3.8, 4) is 0 Å². The summed E-state index contributed by atoms with van der Waals surface area (Å²) in [4.78, 5) is 12.1. The van der Waals surface area contributed by atoms with Gasteiger partial charge in [-0.15, -0.1) is 0 Å². The molecule has 0 unspecified atom stereocenters. The average molecular weight is 358 g/mol. The molecule has 1 heterocycles. The van der Waals surface area contributed by atoms with Crippen LogP contribution in [0, 0.1) is 0 Å². The average Bonchev–Trinajstić information content (AvgIpc) is 3.03. The SMILES string of the molecule is O=C(NCCCCc1ccccc1)c1ccc2n[se]nc2c1. The van der Waals surface area contributed by atoms with E-state index in [2.05, 4.69) is 37.5 Å². The molecule has 5 heteroatoms. The molecule has 0 saturated heterocycles. The summed E-state index contributed by atoms with van der Waals surface area (Å²) in [6.07, 6.45) is 3.11. The van der Waals surface area contributed by atoms with Gasteiger partial charge in [0, 0.05) is 0 Å². The number of aromatic nitrogens is 2. The maximum absolute atomic E-state index is 12.1. The summed E-state index contributed by atoms with van der Waals surface area (Å²) in [6.45, 7) is 0.703. The van der Waals surface area contributed by atoms with E-state index in [1.54, 1.807) is 0 Å². The molecule has 3 aromatic rings. The van der Waals surface area contributed by atoms with Crippen LogP contribution in [0.5, 0.6) is 0 Å². The Balaban J connectivity index is 1.44. The first-order chi connectivity index (χ1) is 10.8. The molecule has 1 amide bonds. The Labute approximate surface area is 135 Å². The summed E-state index contributed by atoms with van der Waals surface area (Å²) in [6, 6.07) is 15.9. The van der Waals surface area contributed by atoms with Crippen molar-refractivity contribution in [2.45, 2.75) is 19.3 Å². The van der Waals surface area contributed by atoms with Crippen LogP contribution < -0.4 is 5.32 Å². The van der Waals surface area contributed by atoms with Gasteiger partial charge in [-0.05, 0) is 0 Å². The Hall–Kier alpha value is -1.97. The van der Waals surface area contributed by atoms with Gasteiger partial charge in [0.05, 0.1) is 0 Å². The number of amides is 1. The van der Waals surface area contributed by atoms with Gasteiger partial charge in [0.1, 0.15) is 0 Å². The summed E-state index contributed by atoms with van der Waals surface area (Å²) in [5.41, 5.74) is 3.76. The first-order valence-corrected chi connectivity index (χ1v) is 8.90. The van der Waals surface area contributed by atoms with Crippen LogP contribution in [-0.2, 0) is 6.42 Å². The Bertz CT molecular complexity index is 755. The molecule has 0 saturated carbocycles. The fourth-order valence-electron chi connectivity index (χ4n) is 2.33. The van der Waals surface area contributed by atoms with Crippen LogP contribution in [0.4, 0.5) is 0 Å². The molecule has 0 radical (unpaired) electrons. The van der Waals surface area contributed by atoms with Gasteiger partial charge >= 0.3 is 117 Å². The van der Waals surface area contributed by atoms with Crippen molar-refractivity contribution in [1.82, 2.24) is 13.3 Å². The summed E-state index contributed by atoms with van der Waals surface area (Å²) < 4.78 is 8.58. The molecule has 4 nitrogen and oxygen atoms in total. The van der Waals surface area contributed by atoms with Gasteiger partial charge in [-0.25, -0.2) is 0 Å². The van der Waals surface area contributed by atoms with Crippen LogP contribution in [0.2, 0.25) is 0 Å². The molecular formula is C17H17N3OSe. The van der Waals surface area contributed by atoms with Crippen LogP contribution in [-0.4, -0.2) is 35.4 Å². The van der Waals surface area contributed by atoms with Crippen molar-refractivity contribution in [2.75, 3.05) is 6.54 Å². The van der Waals surface area contributed by atoms with Crippen molar-refractivity contribution in [2.24, 2.45) is 0 Å². The van der Waals surface area contributed by atoms with Crippen molar-refractivity contribution >= 4 is 31.9 Å². The van der Waals surface area contributed by atoms with Crippen molar-refractivity contribution in [1.29, 1.82) is 0 Å². The fourth-order valence-corrected chi connectivity index (χ4v) is 3.41. The van der Waals surface area contributed by atoms with Crippen LogP contribution in [0.1, 0.15) is 28.8 Å². The predicted molar refractivity (Wildman–Crippen MR) is 88.2 cm³/mol. The van der Waals surface area contributed by atoms with E-state index in [-0.39, 0.29) is 20.9 Å². The Kier molecular flexibility index (Phi) is 4.99. The number of nitrogens with zero attached hydrogens (tertiary/aromatic N) is 2. The number of rotatable bonds is 6. The Morgan fingerprint density at radius 2 is 1.82 bits per heavy atom. The molecule has 112 valence electrons. The number of benzene rings is 2. The van der Waals surface area contributed by atoms with E-state index >= 15 is 0 Å². The number of hydrogen-bond acceptors (Lipinski definition) is 3. The number of unbranched alkanes of at least 4 members (excludes halogenated alkanes) is 1. The van der Waals surface area contributed by atoms with E-state index < -0.39 is 0 Å². The fraction of sp³-hybridized carbons (Fsp3) is 0.235. The molecule has 22 heavy (non-hydrogen) atoms. The predicted octanol–water partition coefficient (Wildman–Crippen LogP) is 2.44. The first kappa shape index (κ1) is 14.9. The van der Waals surface area contributed by atoms with Gasteiger partial charge in [0.2, 0.25) is 0 Å². The molecule has 1 aromatic heterocycles. The topological polar surface area (TPSA) is 54.9 Å². The maximum atomic E-state index is 12.1. The Morgan fingerprint density at radius 1 is 1.00 bits per heavy atom. The zero-order chi connectivity index (χ0) is 15.2. The molecule has 0 aliphatic heterocycles. The monoisotopic (exact) mass is 359 g/mol. The van der Waals surface area contributed by atoms with Crippen LogP contribution >= 0.6 is 0 Å². The molecule has 0 fully saturated rings. The van der Waals surface area contributed by atoms with Crippen LogP contribution in [0.3, 0.4) is 0 Å². The van der Waals surface area contributed by atoms with Crippen molar-refractivity contribution < 1.29 is 4.79 Å². The number of nitrogens with one attached hydrogen (secondary N) is 1. The van der Waals surface area contributed by atoms with Crippen LogP contribution in [0.15, 0.2) is 48.5 Å². The quantitative estimate of drug-likeness (QED) is 0.544. The van der Waals surface area contributed by atoms with Gasteiger partial charge in [0.15, 0.2) is 0 Å². The van der Waals surface area contributed by atoms with Gasteiger partial charge in [0.25, 0.3) is 0 Å². The van der Waals surface area contributed by atoms with E-state index in [1.165, 1.54) is 5.56 Å². The molecular weight excluding hydrogens is 341 g/mol. The standard InChI is InChI=1S/C17H17N3OSe/c21-17(14-9-10-15-16(12-14)20-22-19-15)18-11-5-4-8-13-6-2-1-3-7-13/h1-3,6-7,9-10,12H,4-5,8,11H2,(H,18,21). The molecule has 1 N–H and O–H groups in total. The number of carbonyl (C=O) groups excluding carboxylic acids is 1.